The molecular weight excluding hydrogens is 306 g/mol. The molecule has 0 bridgehead atoms. The lowest BCUT2D eigenvalue weighted by atomic mass is 9.72. The smallest absolute Gasteiger partial charge is 0.0314 e. The molecule has 1 heterocycles. The van der Waals surface area contributed by atoms with Crippen LogP contribution in [0.15, 0.2) is 15.9 Å². The molecule has 1 nitrogen and oxygen atoms in total. The zero-order valence-corrected chi connectivity index (χ0v) is 14.0. The molecule has 18 heavy (non-hydrogen) atoms. The maximum atomic E-state index is 3.67. The Bertz CT molecular complexity index is 374. The maximum Gasteiger partial charge on any atom is 0.0314 e. The number of rotatable bonds is 4. The second kappa shape index (κ2) is 6.53. The van der Waals surface area contributed by atoms with Crippen LogP contribution in [0.3, 0.4) is 0 Å². The van der Waals surface area contributed by atoms with E-state index in [0.717, 1.165) is 17.8 Å². The van der Waals surface area contributed by atoms with Crippen molar-refractivity contribution >= 4 is 27.3 Å². The summed E-state index contributed by atoms with van der Waals surface area (Å²) in [6.45, 7) is 4.75. The van der Waals surface area contributed by atoms with Gasteiger partial charge in [-0.1, -0.05) is 13.8 Å². The molecule has 2 rings (SSSR count). The number of halogens is 1. The van der Waals surface area contributed by atoms with Gasteiger partial charge in [0.05, 0.1) is 0 Å². The van der Waals surface area contributed by atoms with Crippen molar-refractivity contribution in [3.05, 3.63) is 20.8 Å². The molecule has 0 radical (unpaired) electrons. The zero-order valence-electron chi connectivity index (χ0n) is 11.6. The summed E-state index contributed by atoms with van der Waals surface area (Å²) in [5, 5.41) is 5.73. The fraction of sp³-hybridized carbons (Fsp3) is 0.733. The second-order valence-electron chi connectivity index (χ2n) is 5.87. The summed E-state index contributed by atoms with van der Waals surface area (Å²) >= 11 is 5.56. The third kappa shape index (κ3) is 3.37. The average molecular weight is 330 g/mol. The van der Waals surface area contributed by atoms with Crippen LogP contribution in [-0.4, -0.2) is 13.1 Å². The molecule has 3 heteroatoms. The normalized spacial score (nSPS) is 28.8. The quantitative estimate of drug-likeness (QED) is 0.843. The highest BCUT2D eigenvalue weighted by atomic mass is 79.9. The van der Waals surface area contributed by atoms with Crippen LogP contribution in [0.2, 0.25) is 0 Å². The first kappa shape index (κ1) is 14.5. The molecule has 1 aromatic heterocycles. The van der Waals surface area contributed by atoms with Gasteiger partial charge in [0.2, 0.25) is 0 Å². The van der Waals surface area contributed by atoms with Gasteiger partial charge in [-0.2, -0.15) is 0 Å². The average Bonchev–Trinajstić information content (AvgIpc) is 2.75. The van der Waals surface area contributed by atoms with E-state index in [2.05, 4.69) is 53.6 Å². The van der Waals surface area contributed by atoms with Gasteiger partial charge in [0.25, 0.3) is 0 Å². The summed E-state index contributed by atoms with van der Waals surface area (Å²) in [5.74, 6) is 2.54. The molecule has 0 aliphatic heterocycles. The van der Waals surface area contributed by atoms with Crippen molar-refractivity contribution in [1.29, 1.82) is 0 Å². The zero-order chi connectivity index (χ0) is 13.1. The lowest BCUT2D eigenvalue weighted by Crippen LogP contribution is -2.40. The van der Waals surface area contributed by atoms with Gasteiger partial charge in [-0.3, -0.25) is 0 Å². The molecule has 1 aliphatic rings. The predicted molar refractivity (Wildman–Crippen MR) is 84.2 cm³/mol. The van der Waals surface area contributed by atoms with Crippen molar-refractivity contribution in [1.82, 2.24) is 5.32 Å². The van der Waals surface area contributed by atoms with E-state index in [1.54, 1.807) is 0 Å². The lowest BCUT2D eigenvalue weighted by Gasteiger charge is -2.37. The van der Waals surface area contributed by atoms with Gasteiger partial charge in [0, 0.05) is 15.4 Å². The standard InChI is InChI=1S/C15H24BrNS/c1-10(2)11-4-5-14(17-3)12(8-11)9-15-13(16)6-7-18-15/h6-7,10-12,14,17H,4-5,8-9H2,1-3H3. The molecule has 1 aromatic rings. The van der Waals surface area contributed by atoms with E-state index >= 15 is 0 Å². The first-order valence-electron chi connectivity index (χ1n) is 7.01. The van der Waals surface area contributed by atoms with E-state index in [1.807, 2.05) is 11.3 Å². The Labute approximate surface area is 123 Å². The Balaban J connectivity index is 2.04. The first-order chi connectivity index (χ1) is 8.61. The van der Waals surface area contributed by atoms with Crippen LogP contribution in [0.4, 0.5) is 0 Å². The molecule has 0 saturated heterocycles. The number of nitrogens with one attached hydrogen (secondary N) is 1. The summed E-state index contributed by atoms with van der Waals surface area (Å²) in [5.41, 5.74) is 0. The second-order valence-corrected chi connectivity index (χ2v) is 7.72. The minimum absolute atomic E-state index is 0.703. The molecule has 0 amide bonds. The van der Waals surface area contributed by atoms with Crippen LogP contribution in [0.1, 0.15) is 38.0 Å². The topological polar surface area (TPSA) is 12.0 Å². The Morgan fingerprint density at radius 3 is 2.78 bits per heavy atom. The van der Waals surface area contributed by atoms with Crippen molar-refractivity contribution in [2.45, 2.75) is 45.6 Å². The van der Waals surface area contributed by atoms with Crippen molar-refractivity contribution in [2.24, 2.45) is 17.8 Å². The highest BCUT2D eigenvalue weighted by Crippen LogP contribution is 2.37. The molecule has 1 fully saturated rings. The van der Waals surface area contributed by atoms with E-state index < -0.39 is 0 Å². The summed E-state index contributed by atoms with van der Waals surface area (Å²) in [7, 11) is 2.12. The van der Waals surface area contributed by atoms with E-state index in [-0.39, 0.29) is 0 Å². The number of thiophene rings is 1. The Morgan fingerprint density at radius 1 is 1.44 bits per heavy atom. The minimum atomic E-state index is 0.703. The Hall–Kier alpha value is 0.140. The third-order valence-corrected chi connectivity index (χ3v) is 6.42. The van der Waals surface area contributed by atoms with E-state index in [0.29, 0.717) is 6.04 Å². The van der Waals surface area contributed by atoms with Crippen LogP contribution < -0.4 is 5.32 Å². The monoisotopic (exact) mass is 329 g/mol. The van der Waals surface area contributed by atoms with Crippen LogP contribution in [0.25, 0.3) is 0 Å². The fourth-order valence-electron chi connectivity index (χ4n) is 3.22. The SMILES string of the molecule is CNC1CCC(C(C)C)CC1Cc1sccc1Br. The molecule has 102 valence electrons. The molecule has 3 unspecified atom stereocenters. The van der Waals surface area contributed by atoms with Crippen LogP contribution in [-0.2, 0) is 6.42 Å². The lowest BCUT2D eigenvalue weighted by molar-refractivity contribution is 0.173. The molecule has 1 N–H and O–H groups in total. The van der Waals surface area contributed by atoms with Gasteiger partial charge in [-0.05, 0) is 77.9 Å². The highest BCUT2D eigenvalue weighted by molar-refractivity contribution is 9.10. The molecular formula is C15H24BrNS. The maximum absolute atomic E-state index is 3.67. The van der Waals surface area contributed by atoms with Gasteiger partial charge in [-0.25, -0.2) is 0 Å². The van der Waals surface area contributed by atoms with Crippen LogP contribution in [0.5, 0.6) is 0 Å². The molecule has 0 spiro atoms. The minimum Gasteiger partial charge on any atom is -0.317 e. The Morgan fingerprint density at radius 2 is 2.22 bits per heavy atom. The van der Waals surface area contributed by atoms with Gasteiger partial charge in [-0.15, -0.1) is 11.3 Å². The van der Waals surface area contributed by atoms with E-state index in [9.17, 15) is 0 Å². The Kier molecular flexibility index (Phi) is 5.28. The molecule has 0 aromatic carbocycles. The van der Waals surface area contributed by atoms with E-state index in [4.69, 9.17) is 0 Å². The third-order valence-electron chi connectivity index (χ3n) is 4.48. The van der Waals surface area contributed by atoms with Gasteiger partial charge < -0.3 is 5.32 Å². The summed E-state index contributed by atoms with van der Waals surface area (Å²) in [6.07, 6.45) is 5.35. The highest BCUT2D eigenvalue weighted by Gasteiger charge is 2.31. The van der Waals surface area contributed by atoms with Crippen molar-refractivity contribution in [3.8, 4) is 0 Å². The van der Waals surface area contributed by atoms with Crippen molar-refractivity contribution < 1.29 is 0 Å². The van der Waals surface area contributed by atoms with Gasteiger partial charge in [0.15, 0.2) is 0 Å². The molecule has 3 atom stereocenters. The van der Waals surface area contributed by atoms with Gasteiger partial charge in [0.1, 0.15) is 0 Å². The summed E-state index contributed by atoms with van der Waals surface area (Å²) in [6, 6.07) is 2.88. The summed E-state index contributed by atoms with van der Waals surface area (Å²) < 4.78 is 1.30. The molecule has 1 saturated carbocycles. The van der Waals surface area contributed by atoms with Crippen molar-refractivity contribution in [2.75, 3.05) is 7.05 Å². The van der Waals surface area contributed by atoms with Gasteiger partial charge >= 0.3 is 0 Å². The largest absolute Gasteiger partial charge is 0.317 e. The van der Waals surface area contributed by atoms with Crippen molar-refractivity contribution in [3.63, 3.8) is 0 Å². The fourth-order valence-corrected chi connectivity index (χ4v) is 4.83. The summed E-state index contributed by atoms with van der Waals surface area (Å²) in [4.78, 5) is 1.52. The number of hydrogen-bond donors (Lipinski definition) is 1. The predicted octanol–water partition coefficient (Wildman–Crippen LogP) is 4.71. The van der Waals surface area contributed by atoms with Crippen LogP contribution in [0, 0.1) is 17.8 Å². The first-order valence-corrected chi connectivity index (χ1v) is 8.68. The van der Waals surface area contributed by atoms with E-state index in [1.165, 1.54) is 35.0 Å². The van der Waals surface area contributed by atoms with Crippen LogP contribution >= 0.6 is 27.3 Å². The molecule has 1 aliphatic carbocycles. The number of hydrogen-bond acceptors (Lipinski definition) is 2.